The van der Waals surface area contributed by atoms with Crippen LogP contribution in [0.5, 0.6) is 5.75 Å². The molecule has 0 aromatic heterocycles. The molecule has 96 valence electrons. The Balaban J connectivity index is 2.64. The summed E-state index contributed by atoms with van der Waals surface area (Å²) < 4.78 is 5.35. The van der Waals surface area contributed by atoms with E-state index in [9.17, 15) is 10.1 Å². The zero-order valence-electron chi connectivity index (χ0n) is 9.96. The first-order valence-electron chi connectivity index (χ1n) is 5.66. The van der Waals surface area contributed by atoms with Crippen molar-refractivity contribution in [3.63, 3.8) is 0 Å². The number of hydrogen-bond donors (Lipinski definition) is 1. The molecule has 6 nitrogen and oxygen atoms in total. The van der Waals surface area contributed by atoms with Crippen LogP contribution in [0.2, 0.25) is 0 Å². The lowest BCUT2D eigenvalue weighted by atomic mass is 10.2. The highest BCUT2D eigenvalue weighted by Crippen LogP contribution is 2.28. The van der Waals surface area contributed by atoms with Gasteiger partial charge in [0.1, 0.15) is 0 Å². The van der Waals surface area contributed by atoms with Gasteiger partial charge in [-0.1, -0.05) is 6.07 Å². The minimum absolute atomic E-state index is 0.0711. The van der Waals surface area contributed by atoms with Crippen molar-refractivity contribution in [1.29, 1.82) is 5.26 Å². The molecule has 0 radical (unpaired) electrons. The summed E-state index contributed by atoms with van der Waals surface area (Å²) in [4.78, 5) is 10.4. The Bertz CT molecular complexity index is 454. The first-order valence-corrected chi connectivity index (χ1v) is 5.66. The van der Waals surface area contributed by atoms with Gasteiger partial charge < -0.3 is 10.5 Å². The highest BCUT2D eigenvalue weighted by atomic mass is 16.6. The molecule has 0 bridgehead atoms. The summed E-state index contributed by atoms with van der Waals surface area (Å²) in [5.74, 6) is 0.245. The maximum atomic E-state index is 10.9. The smallest absolute Gasteiger partial charge is 0.311 e. The average Bonchev–Trinajstić information content (AvgIpc) is 2.38. The van der Waals surface area contributed by atoms with Gasteiger partial charge in [0.15, 0.2) is 5.75 Å². The summed E-state index contributed by atoms with van der Waals surface area (Å²) in [6.07, 6.45) is 1.89. The van der Waals surface area contributed by atoms with Gasteiger partial charge >= 0.3 is 5.69 Å². The van der Waals surface area contributed by atoms with Gasteiger partial charge in [0.2, 0.25) is 0 Å². The van der Waals surface area contributed by atoms with Crippen LogP contribution < -0.4 is 10.5 Å². The van der Waals surface area contributed by atoms with E-state index in [4.69, 9.17) is 15.7 Å². The van der Waals surface area contributed by atoms with Crippen molar-refractivity contribution in [2.24, 2.45) is 5.73 Å². The van der Waals surface area contributed by atoms with Crippen molar-refractivity contribution in [3.8, 4) is 11.8 Å². The number of nitrogens with two attached hydrogens (primary N) is 1. The third-order valence-electron chi connectivity index (χ3n) is 2.40. The first kappa shape index (κ1) is 13.9. The molecule has 0 amide bonds. The van der Waals surface area contributed by atoms with Gasteiger partial charge in [0.05, 0.1) is 17.6 Å². The van der Waals surface area contributed by atoms with Gasteiger partial charge in [-0.3, -0.25) is 10.1 Å². The van der Waals surface area contributed by atoms with Crippen molar-refractivity contribution >= 4 is 5.69 Å². The lowest BCUT2D eigenvalue weighted by Gasteiger charge is -2.07. The van der Waals surface area contributed by atoms with Crippen molar-refractivity contribution in [3.05, 3.63) is 33.9 Å². The largest absolute Gasteiger partial charge is 0.487 e. The Morgan fingerprint density at radius 2 is 2.22 bits per heavy atom. The fourth-order valence-electron chi connectivity index (χ4n) is 1.44. The van der Waals surface area contributed by atoms with Crippen LogP contribution in [0.3, 0.4) is 0 Å². The summed E-state index contributed by atoms with van der Waals surface area (Å²) in [6, 6.07) is 6.72. The molecule has 0 aliphatic carbocycles. The van der Waals surface area contributed by atoms with E-state index in [0.717, 1.165) is 6.42 Å². The molecule has 0 heterocycles. The van der Waals surface area contributed by atoms with Gasteiger partial charge in [-0.25, -0.2) is 0 Å². The topological polar surface area (TPSA) is 102 Å². The summed E-state index contributed by atoms with van der Waals surface area (Å²) in [5, 5.41) is 19.2. The molecule has 1 aromatic carbocycles. The quantitative estimate of drug-likeness (QED) is 0.453. The second-order valence-electron chi connectivity index (χ2n) is 3.73. The molecule has 0 aliphatic heterocycles. The van der Waals surface area contributed by atoms with Crippen molar-refractivity contribution in [2.75, 3.05) is 6.61 Å². The second-order valence-corrected chi connectivity index (χ2v) is 3.73. The number of nitro groups is 1. The first-order chi connectivity index (χ1) is 8.69. The number of unbranched alkanes of at least 4 members (excludes halogenated alkanes) is 2. The molecule has 0 saturated carbocycles. The van der Waals surface area contributed by atoms with Crippen LogP contribution >= 0.6 is 0 Å². The molecule has 2 N–H and O–H groups in total. The number of nitriles is 1. The van der Waals surface area contributed by atoms with Crippen molar-refractivity contribution in [1.82, 2.24) is 0 Å². The fraction of sp³-hybridized carbons (Fsp3) is 0.417. The normalized spacial score (nSPS) is 9.78. The van der Waals surface area contributed by atoms with E-state index in [-0.39, 0.29) is 18.0 Å². The van der Waals surface area contributed by atoms with E-state index in [1.54, 1.807) is 12.1 Å². The Morgan fingerprint density at radius 3 is 2.83 bits per heavy atom. The van der Waals surface area contributed by atoms with Crippen LogP contribution in [0.1, 0.15) is 24.8 Å². The number of nitrogens with zero attached hydrogens (tertiary/aromatic N) is 2. The SMILES string of the molecule is N#CCCCCOc1ccc(CN)cc1[N+](=O)[O-]. The van der Waals surface area contributed by atoms with Crippen LogP contribution in [0, 0.1) is 21.4 Å². The van der Waals surface area contributed by atoms with E-state index < -0.39 is 4.92 Å². The van der Waals surface area contributed by atoms with Crippen LogP contribution in [-0.4, -0.2) is 11.5 Å². The third-order valence-corrected chi connectivity index (χ3v) is 2.40. The molecule has 0 saturated heterocycles. The molecular formula is C12H15N3O3. The van der Waals surface area contributed by atoms with Gasteiger partial charge in [-0.2, -0.15) is 5.26 Å². The van der Waals surface area contributed by atoms with Gasteiger partial charge in [0, 0.05) is 19.0 Å². The molecule has 6 heteroatoms. The molecule has 18 heavy (non-hydrogen) atoms. The lowest BCUT2D eigenvalue weighted by molar-refractivity contribution is -0.385. The maximum Gasteiger partial charge on any atom is 0.311 e. The zero-order valence-corrected chi connectivity index (χ0v) is 9.96. The van der Waals surface area contributed by atoms with Crippen LogP contribution in [-0.2, 0) is 6.54 Å². The Morgan fingerprint density at radius 1 is 1.44 bits per heavy atom. The van der Waals surface area contributed by atoms with Crippen molar-refractivity contribution < 1.29 is 9.66 Å². The Kier molecular flexibility index (Phi) is 5.61. The summed E-state index contributed by atoms with van der Waals surface area (Å²) in [6.45, 7) is 0.619. The fourth-order valence-corrected chi connectivity index (χ4v) is 1.44. The van der Waals surface area contributed by atoms with Gasteiger partial charge in [-0.15, -0.1) is 0 Å². The minimum atomic E-state index is -0.482. The zero-order chi connectivity index (χ0) is 13.4. The molecule has 0 atom stereocenters. The summed E-state index contributed by atoms with van der Waals surface area (Å²) in [5.41, 5.74) is 6.05. The van der Waals surface area contributed by atoms with E-state index >= 15 is 0 Å². The van der Waals surface area contributed by atoms with E-state index in [1.807, 2.05) is 6.07 Å². The van der Waals surface area contributed by atoms with Crippen LogP contribution in [0.15, 0.2) is 18.2 Å². The molecule has 0 unspecified atom stereocenters. The summed E-state index contributed by atoms with van der Waals surface area (Å²) >= 11 is 0. The lowest BCUT2D eigenvalue weighted by Crippen LogP contribution is -2.03. The minimum Gasteiger partial charge on any atom is -0.487 e. The maximum absolute atomic E-state index is 10.9. The molecule has 1 aromatic rings. The van der Waals surface area contributed by atoms with E-state index in [2.05, 4.69) is 0 Å². The second kappa shape index (κ2) is 7.25. The number of ether oxygens (including phenoxy) is 1. The molecule has 0 fully saturated rings. The molecular weight excluding hydrogens is 234 g/mol. The average molecular weight is 249 g/mol. The number of benzene rings is 1. The third kappa shape index (κ3) is 4.03. The highest BCUT2D eigenvalue weighted by Gasteiger charge is 2.15. The highest BCUT2D eigenvalue weighted by molar-refractivity contribution is 5.48. The van der Waals surface area contributed by atoms with E-state index in [1.165, 1.54) is 6.07 Å². The monoisotopic (exact) mass is 249 g/mol. The Hall–Kier alpha value is -2.13. The van der Waals surface area contributed by atoms with Crippen LogP contribution in [0.25, 0.3) is 0 Å². The molecule has 1 rings (SSSR count). The number of hydrogen-bond acceptors (Lipinski definition) is 5. The summed E-state index contributed by atoms with van der Waals surface area (Å²) in [7, 11) is 0. The van der Waals surface area contributed by atoms with Crippen molar-refractivity contribution in [2.45, 2.75) is 25.8 Å². The predicted molar refractivity (Wildman–Crippen MR) is 65.9 cm³/mol. The molecule has 0 spiro atoms. The standard InChI is InChI=1S/C12H15N3O3/c13-6-2-1-3-7-18-12-5-4-10(9-14)8-11(12)15(16)17/h4-5,8H,1-3,7,9,14H2. The van der Waals surface area contributed by atoms with Gasteiger partial charge in [0.25, 0.3) is 0 Å². The number of nitro benzene ring substituents is 1. The molecule has 0 aliphatic rings. The van der Waals surface area contributed by atoms with Crippen LogP contribution in [0.4, 0.5) is 5.69 Å². The Labute approximate surface area is 105 Å². The van der Waals surface area contributed by atoms with E-state index in [0.29, 0.717) is 25.0 Å². The predicted octanol–water partition coefficient (Wildman–Crippen LogP) is 2.13. The van der Waals surface area contributed by atoms with Gasteiger partial charge in [-0.05, 0) is 24.5 Å². The number of rotatable bonds is 7.